The molecular formula is C24H28F3N3O3. The maximum absolute atomic E-state index is 12.9. The predicted octanol–water partition coefficient (Wildman–Crippen LogP) is 3.96. The molecule has 1 amide bonds. The molecule has 178 valence electrons. The topological polar surface area (TPSA) is 63.7 Å². The highest BCUT2D eigenvalue weighted by molar-refractivity contribution is 5.94. The van der Waals surface area contributed by atoms with Gasteiger partial charge in [-0.05, 0) is 35.2 Å². The van der Waals surface area contributed by atoms with Gasteiger partial charge in [0, 0.05) is 25.8 Å². The van der Waals surface area contributed by atoms with Crippen LogP contribution in [0.15, 0.2) is 36.5 Å². The highest BCUT2D eigenvalue weighted by Crippen LogP contribution is 2.39. The molecule has 2 aromatic rings. The number of rotatable bonds is 6. The number of fused-ring (bicyclic) bond motifs is 1. The van der Waals surface area contributed by atoms with Crippen molar-refractivity contribution in [3.05, 3.63) is 64.5 Å². The molecule has 2 aliphatic rings. The zero-order chi connectivity index (χ0) is 23.6. The summed E-state index contributed by atoms with van der Waals surface area (Å²) in [5.41, 5.74) is 2.50. The van der Waals surface area contributed by atoms with Gasteiger partial charge in [-0.2, -0.15) is 13.2 Å². The average molecular weight is 464 g/mol. The molecule has 0 spiro atoms. The van der Waals surface area contributed by atoms with Gasteiger partial charge in [0.25, 0.3) is 5.91 Å². The number of halogens is 3. The lowest BCUT2D eigenvalue weighted by molar-refractivity contribution is -0.137. The van der Waals surface area contributed by atoms with E-state index in [9.17, 15) is 18.0 Å². The second-order valence-corrected chi connectivity index (χ2v) is 8.83. The molecule has 1 saturated heterocycles. The third-order valence-corrected chi connectivity index (χ3v) is 5.98. The molecule has 33 heavy (non-hydrogen) atoms. The lowest BCUT2D eigenvalue weighted by Gasteiger charge is -2.27. The second kappa shape index (κ2) is 9.79. The number of ether oxygens (including phenoxy) is 2. The first-order valence-electron chi connectivity index (χ1n) is 11.1. The van der Waals surface area contributed by atoms with Crippen molar-refractivity contribution in [2.45, 2.75) is 45.3 Å². The van der Waals surface area contributed by atoms with Crippen LogP contribution in [0.4, 0.5) is 13.2 Å². The van der Waals surface area contributed by atoms with Crippen molar-refractivity contribution < 1.29 is 27.4 Å². The minimum Gasteiger partial charge on any atom is -0.376 e. The Morgan fingerprint density at radius 1 is 1.24 bits per heavy atom. The summed E-state index contributed by atoms with van der Waals surface area (Å²) in [4.78, 5) is 19.4. The van der Waals surface area contributed by atoms with Gasteiger partial charge in [0.1, 0.15) is 0 Å². The maximum Gasteiger partial charge on any atom is 0.416 e. The molecule has 6 nitrogen and oxygen atoms in total. The number of benzene rings is 1. The van der Waals surface area contributed by atoms with E-state index in [0.29, 0.717) is 45.0 Å². The molecule has 0 radical (unpaired) electrons. The summed E-state index contributed by atoms with van der Waals surface area (Å²) >= 11 is 0. The Balaban J connectivity index is 1.45. The molecule has 2 aliphatic heterocycles. The van der Waals surface area contributed by atoms with Gasteiger partial charge in [0.2, 0.25) is 0 Å². The maximum atomic E-state index is 12.9. The summed E-state index contributed by atoms with van der Waals surface area (Å²) in [7, 11) is 0. The van der Waals surface area contributed by atoms with Crippen LogP contribution in [0.25, 0.3) is 0 Å². The van der Waals surface area contributed by atoms with E-state index in [-0.39, 0.29) is 24.0 Å². The Kier molecular flexibility index (Phi) is 7.02. The third kappa shape index (κ3) is 5.54. The lowest BCUT2D eigenvalue weighted by Crippen LogP contribution is -2.39. The predicted molar refractivity (Wildman–Crippen MR) is 115 cm³/mol. The lowest BCUT2D eigenvalue weighted by atomic mass is 9.99. The summed E-state index contributed by atoms with van der Waals surface area (Å²) < 4.78 is 49.5. The number of nitrogens with one attached hydrogen (secondary N) is 1. The van der Waals surface area contributed by atoms with Gasteiger partial charge in [-0.1, -0.05) is 26.0 Å². The first kappa shape index (κ1) is 23.7. The van der Waals surface area contributed by atoms with Crippen LogP contribution in [0.3, 0.4) is 0 Å². The number of hydrogen-bond acceptors (Lipinski definition) is 5. The van der Waals surface area contributed by atoms with Crippen molar-refractivity contribution >= 4 is 5.91 Å². The van der Waals surface area contributed by atoms with Crippen LogP contribution in [-0.2, 0) is 28.7 Å². The second-order valence-electron chi connectivity index (χ2n) is 8.83. The molecule has 1 unspecified atom stereocenters. The summed E-state index contributed by atoms with van der Waals surface area (Å²) in [6, 6.07) is 7.15. The Bertz CT molecular complexity index is 973. The van der Waals surface area contributed by atoms with Crippen molar-refractivity contribution in [1.82, 2.24) is 15.2 Å². The van der Waals surface area contributed by atoms with Crippen molar-refractivity contribution in [1.29, 1.82) is 0 Å². The first-order chi connectivity index (χ1) is 15.7. The highest BCUT2D eigenvalue weighted by Gasteiger charge is 2.35. The number of aromatic nitrogens is 1. The van der Waals surface area contributed by atoms with Crippen LogP contribution < -0.4 is 5.32 Å². The van der Waals surface area contributed by atoms with Crippen molar-refractivity contribution in [3.63, 3.8) is 0 Å². The molecule has 0 aliphatic carbocycles. The third-order valence-electron chi connectivity index (χ3n) is 5.98. The van der Waals surface area contributed by atoms with E-state index in [0.717, 1.165) is 29.0 Å². The summed E-state index contributed by atoms with van der Waals surface area (Å²) in [6.07, 6.45) is -2.92. The van der Waals surface area contributed by atoms with Gasteiger partial charge in [-0.25, -0.2) is 0 Å². The molecule has 9 heteroatoms. The standard InChI is InChI=1S/C24H28F3N3O3/c1-15(2)22-21-18(13-30(22)12-16-3-5-19(6-4-16)24(25,26)27)9-17(10-28-21)23(31)29-11-20-14-32-7-8-33-20/h3-6,9-10,15,20,22H,7-8,11-14H2,1-2H3,(H,29,31)/t20?,22-/m0/s1. The van der Waals surface area contributed by atoms with E-state index in [1.165, 1.54) is 12.1 Å². The van der Waals surface area contributed by atoms with Crippen molar-refractivity contribution in [3.8, 4) is 0 Å². The molecule has 1 fully saturated rings. The van der Waals surface area contributed by atoms with Crippen LogP contribution in [0.5, 0.6) is 0 Å². The number of hydrogen-bond donors (Lipinski definition) is 1. The van der Waals surface area contributed by atoms with Crippen LogP contribution in [-0.4, -0.2) is 48.3 Å². The van der Waals surface area contributed by atoms with Crippen molar-refractivity contribution in [2.24, 2.45) is 5.92 Å². The highest BCUT2D eigenvalue weighted by atomic mass is 19.4. The molecule has 1 N–H and O–H groups in total. The quantitative estimate of drug-likeness (QED) is 0.703. The average Bonchev–Trinajstić information content (AvgIpc) is 3.15. The fraction of sp³-hybridized carbons (Fsp3) is 0.500. The number of pyridine rings is 1. The van der Waals surface area contributed by atoms with Crippen LogP contribution >= 0.6 is 0 Å². The number of alkyl halides is 3. The van der Waals surface area contributed by atoms with E-state index in [1.807, 2.05) is 6.07 Å². The van der Waals surface area contributed by atoms with Gasteiger partial charge in [0.05, 0.1) is 48.8 Å². The van der Waals surface area contributed by atoms with E-state index in [2.05, 4.69) is 29.0 Å². The fourth-order valence-corrected chi connectivity index (χ4v) is 4.42. The number of amides is 1. The Morgan fingerprint density at radius 2 is 2.00 bits per heavy atom. The van der Waals surface area contributed by atoms with Crippen LogP contribution in [0, 0.1) is 5.92 Å². The molecule has 2 atom stereocenters. The smallest absolute Gasteiger partial charge is 0.376 e. The zero-order valence-electron chi connectivity index (χ0n) is 18.7. The van der Waals surface area contributed by atoms with E-state index >= 15 is 0 Å². The SMILES string of the molecule is CC(C)[C@H]1c2ncc(C(=O)NCC3COCCO3)cc2CN1Cc1ccc(C(F)(F)F)cc1. The number of carbonyl (C=O) groups excluding carboxylic acids is 1. The summed E-state index contributed by atoms with van der Waals surface area (Å²) in [5, 5.41) is 2.87. The normalized spacial score (nSPS) is 21.3. The largest absolute Gasteiger partial charge is 0.416 e. The number of nitrogens with zero attached hydrogens (tertiary/aromatic N) is 2. The zero-order valence-corrected chi connectivity index (χ0v) is 18.7. The minimum absolute atomic E-state index is 0.0205. The molecule has 4 rings (SSSR count). The van der Waals surface area contributed by atoms with E-state index in [1.54, 1.807) is 6.20 Å². The van der Waals surface area contributed by atoms with Gasteiger partial charge in [-0.15, -0.1) is 0 Å². The Morgan fingerprint density at radius 3 is 2.64 bits per heavy atom. The van der Waals surface area contributed by atoms with Crippen molar-refractivity contribution in [2.75, 3.05) is 26.4 Å². The van der Waals surface area contributed by atoms with Crippen LogP contribution in [0.2, 0.25) is 0 Å². The van der Waals surface area contributed by atoms with Gasteiger partial charge < -0.3 is 14.8 Å². The van der Waals surface area contributed by atoms with Gasteiger partial charge in [0.15, 0.2) is 0 Å². The van der Waals surface area contributed by atoms with Gasteiger partial charge in [-0.3, -0.25) is 14.7 Å². The molecule has 3 heterocycles. The van der Waals surface area contributed by atoms with E-state index < -0.39 is 11.7 Å². The molecule has 1 aromatic heterocycles. The Labute approximate surface area is 191 Å². The molecule has 0 saturated carbocycles. The molecular weight excluding hydrogens is 435 g/mol. The summed E-state index contributed by atoms with van der Waals surface area (Å²) in [5.74, 6) is 0.0260. The minimum atomic E-state index is -4.35. The summed E-state index contributed by atoms with van der Waals surface area (Å²) in [6.45, 7) is 7.17. The monoisotopic (exact) mass is 463 g/mol. The van der Waals surface area contributed by atoms with Crippen LogP contribution in [0.1, 0.15) is 52.6 Å². The fourth-order valence-electron chi connectivity index (χ4n) is 4.42. The first-order valence-corrected chi connectivity index (χ1v) is 11.1. The molecule has 1 aromatic carbocycles. The number of carbonyl (C=O) groups is 1. The Hall–Kier alpha value is -2.49. The van der Waals surface area contributed by atoms with Gasteiger partial charge >= 0.3 is 6.18 Å². The van der Waals surface area contributed by atoms with E-state index in [4.69, 9.17) is 9.47 Å². The molecule has 0 bridgehead atoms.